The van der Waals surface area contributed by atoms with E-state index in [1.54, 1.807) is 5.19 Å². The number of hydrogen-bond donors (Lipinski definition) is 0. The van der Waals surface area contributed by atoms with Gasteiger partial charge in [-0.15, -0.1) is 34.5 Å². The molecule has 0 saturated heterocycles. The van der Waals surface area contributed by atoms with E-state index in [1.165, 1.54) is 27.5 Å². The first-order valence-corrected chi connectivity index (χ1v) is 9.23. The first kappa shape index (κ1) is 21.7. The first-order chi connectivity index (χ1) is 9.18. The van der Waals surface area contributed by atoms with Gasteiger partial charge in [0.15, 0.2) is 0 Å². The number of benzene rings is 2. The predicted octanol–water partition coefficient (Wildman–Crippen LogP) is -1.50. The van der Waals surface area contributed by atoms with E-state index in [2.05, 4.69) is 74.6 Å². The van der Waals surface area contributed by atoms with E-state index in [-0.39, 0.29) is 50.7 Å². The van der Waals surface area contributed by atoms with E-state index in [0.29, 0.717) is 0 Å². The van der Waals surface area contributed by atoms with Gasteiger partial charge in [-0.3, -0.25) is 0 Å². The molecule has 0 aliphatic heterocycles. The van der Waals surface area contributed by atoms with E-state index in [0.717, 1.165) is 0 Å². The Bertz CT molecular complexity index is 721. The van der Waals surface area contributed by atoms with Gasteiger partial charge in [0.05, 0.1) is 0 Å². The van der Waals surface area contributed by atoms with Gasteiger partial charge in [-0.05, 0) is 5.56 Å². The zero-order valence-corrected chi connectivity index (χ0v) is 19.1. The van der Waals surface area contributed by atoms with Crippen LogP contribution in [0, 0.1) is 6.92 Å². The Morgan fingerprint density at radius 2 is 1.50 bits per heavy atom. The second-order valence-corrected chi connectivity index (χ2v) is 7.84. The van der Waals surface area contributed by atoms with Crippen LogP contribution >= 0.6 is 0 Å². The maximum Gasteiger partial charge on any atom is 0.0135 e. The van der Waals surface area contributed by atoms with Crippen LogP contribution in [-0.4, -0.2) is 8.80 Å². The van der Waals surface area contributed by atoms with Crippen molar-refractivity contribution < 1.29 is 50.7 Å². The van der Waals surface area contributed by atoms with E-state index < -0.39 is 8.80 Å². The molecule has 0 nitrogen and oxygen atoms in total. The van der Waals surface area contributed by atoms with Crippen molar-refractivity contribution in [3.63, 3.8) is 0 Å². The largest absolute Gasteiger partial charge is 1.00 e. The fourth-order valence-electron chi connectivity index (χ4n) is 2.97. The van der Waals surface area contributed by atoms with Crippen LogP contribution in [0.5, 0.6) is 0 Å². The fourth-order valence-corrected chi connectivity index (χ4v) is 4.61. The van der Waals surface area contributed by atoms with Gasteiger partial charge >= 0.3 is 0 Å². The van der Waals surface area contributed by atoms with Crippen molar-refractivity contribution in [1.82, 2.24) is 0 Å². The average Bonchev–Trinajstić information content (AvgIpc) is 2.75. The normalized spacial score (nSPS) is 9.82. The number of fused-ring (bicyclic) bond motifs is 1. The van der Waals surface area contributed by atoms with Crippen molar-refractivity contribution in [3.8, 4) is 11.1 Å². The molecule has 0 unspecified atom stereocenters. The van der Waals surface area contributed by atoms with Gasteiger partial charge in [0.2, 0.25) is 0 Å². The Hall–Kier alpha value is -0.283. The van der Waals surface area contributed by atoms with Crippen LogP contribution in [0.1, 0.15) is 5.56 Å². The van der Waals surface area contributed by atoms with Crippen LogP contribution in [0.2, 0.25) is 13.1 Å². The summed E-state index contributed by atoms with van der Waals surface area (Å²) < 4.78 is 0. The molecule has 0 aromatic heterocycles. The SMILES string of the molecule is Cc1[cH-]c2cccc(-c3ccccc3)c2c1[Si](C)C.[Cl-].[Cl-].[Hf]. The summed E-state index contributed by atoms with van der Waals surface area (Å²) in [6.07, 6.45) is 0. The second kappa shape index (κ2) is 9.12. The summed E-state index contributed by atoms with van der Waals surface area (Å²) in [5, 5.41) is 4.46. The molecule has 0 heterocycles. The Balaban J connectivity index is 0.00000147. The zero-order chi connectivity index (χ0) is 13.4. The standard InChI is InChI=1S/C18H18Si.2ClH.Hf/c1-13-12-15-10-7-11-16(14-8-5-4-6-9-14)17(15)18(13)19(2)3;;;/h4-12H,1-3H3;2*1H;/q-1;;;/p-2. The summed E-state index contributed by atoms with van der Waals surface area (Å²) in [6, 6.07) is 19.7. The molecule has 0 aliphatic rings. The van der Waals surface area contributed by atoms with Crippen molar-refractivity contribution in [2.45, 2.75) is 20.0 Å². The Kier molecular flexibility index (Phi) is 9.00. The Labute approximate surface area is 165 Å². The third kappa shape index (κ3) is 3.97. The van der Waals surface area contributed by atoms with Crippen LogP contribution in [0.3, 0.4) is 0 Å². The van der Waals surface area contributed by atoms with Gasteiger partial charge in [-0.1, -0.05) is 62.0 Å². The van der Waals surface area contributed by atoms with Crippen molar-refractivity contribution in [2.75, 3.05) is 0 Å². The summed E-state index contributed by atoms with van der Waals surface area (Å²) in [5.41, 5.74) is 4.16. The van der Waals surface area contributed by atoms with Crippen molar-refractivity contribution in [3.05, 3.63) is 60.2 Å². The maximum absolute atomic E-state index is 2.38. The predicted molar refractivity (Wildman–Crippen MR) is 86.8 cm³/mol. The molecule has 4 heteroatoms. The molecule has 0 fully saturated rings. The van der Waals surface area contributed by atoms with Gasteiger partial charge < -0.3 is 24.8 Å². The van der Waals surface area contributed by atoms with Gasteiger partial charge in [0, 0.05) is 34.6 Å². The molecular weight excluding hydrogens is 494 g/mol. The van der Waals surface area contributed by atoms with Gasteiger partial charge in [-0.2, -0.15) is 5.19 Å². The van der Waals surface area contributed by atoms with E-state index in [4.69, 9.17) is 0 Å². The summed E-state index contributed by atoms with van der Waals surface area (Å²) in [5.74, 6) is 0. The third-order valence-corrected chi connectivity index (χ3v) is 5.34. The number of halogens is 2. The number of hydrogen-bond acceptors (Lipinski definition) is 0. The molecule has 0 amide bonds. The summed E-state index contributed by atoms with van der Waals surface area (Å²) in [7, 11) is -0.453. The minimum Gasteiger partial charge on any atom is -1.00 e. The molecule has 0 spiro atoms. The quantitative estimate of drug-likeness (QED) is 0.290. The average molecular weight is 512 g/mol. The summed E-state index contributed by atoms with van der Waals surface area (Å²) in [6.45, 7) is 7.02. The molecule has 0 aliphatic carbocycles. The summed E-state index contributed by atoms with van der Waals surface area (Å²) in [4.78, 5) is 0. The molecule has 3 aromatic rings. The van der Waals surface area contributed by atoms with Gasteiger partial charge in [0.1, 0.15) is 0 Å². The second-order valence-electron chi connectivity index (χ2n) is 5.34. The molecule has 22 heavy (non-hydrogen) atoms. The van der Waals surface area contributed by atoms with Crippen LogP contribution in [0.25, 0.3) is 21.9 Å². The third-order valence-electron chi connectivity index (χ3n) is 3.70. The molecule has 1 radical (unpaired) electrons. The molecule has 0 saturated carbocycles. The number of aryl methyl sites for hydroxylation is 1. The molecule has 0 bridgehead atoms. The van der Waals surface area contributed by atoms with E-state index >= 15 is 0 Å². The molecule has 3 rings (SSSR count). The topological polar surface area (TPSA) is 0 Å². The van der Waals surface area contributed by atoms with Crippen molar-refractivity contribution >= 4 is 24.8 Å². The zero-order valence-electron chi connectivity index (χ0n) is 13.0. The van der Waals surface area contributed by atoms with Crippen molar-refractivity contribution in [1.29, 1.82) is 0 Å². The number of rotatable bonds is 2. The minimum atomic E-state index is -0.453. The molecule has 0 N–H and O–H groups in total. The Morgan fingerprint density at radius 3 is 2.09 bits per heavy atom. The molecule has 3 aromatic carbocycles. The van der Waals surface area contributed by atoms with Crippen LogP contribution in [0.15, 0.2) is 54.6 Å². The minimum absolute atomic E-state index is 0. The monoisotopic (exact) mass is 512 g/mol. The van der Waals surface area contributed by atoms with Gasteiger partial charge in [0.25, 0.3) is 0 Å². The van der Waals surface area contributed by atoms with Crippen molar-refractivity contribution in [2.24, 2.45) is 0 Å². The van der Waals surface area contributed by atoms with E-state index in [1.807, 2.05) is 0 Å². The molecule has 115 valence electrons. The van der Waals surface area contributed by atoms with Crippen LogP contribution < -0.4 is 30.0 Å². The molecule has 0 atom stereocenters. The Morgan fingerprint density at radius 1 is 0.864 bits per heavy atom. The molecular formula is C18H18Cl2HfSi-3. The smallest absolute Gasteiger partial charge is 0.0135 e. The van der Waals surface area contributed by atoms with Crippen LogP contribution in [-0.2, 0) is 25.8 Å². The maximum atomic E-state index is 2.38. The van der Waals surface area contributed by atoms with Gasteiger partial charge in [-0.25, -0.2) is 0 Å². The van der Waals surface area contributed by atoms with E-state index in [9.17, 15) is 0 Å². The van der Waals surface area contributed by atoms with Crippen LogP contribution in [0.4, 0.5) is 0 Å². The fraction of sp³-hybridized carbons (Fsp3) is 0.167. The first-order valence-electron chi connectivity index (χ1n) is 6.73. The summed E-state index contributed by atoms with van der Waals surface area (Å²) >= 11 is 0.